The molecule has 0 spiro atoms. The number of nitrogens with zero attached hydrogens (tertiary/aromatic N) is 2. The van der Waals surface area contributed by atoms with Crippen molar-refractivity contribution in [2.45, 2.75) is 11.8 Å². The summed E-state index contributed by atoms with van der Waals surface area (Å²) in [6.45, 7) is -2.44. The van der Waals surface area contributed by atoms with Crippen LogP contribution in [0.5, 0.6) is 11.5 Å². The molecule has 0 N–H and O–H groups in total. The van der Waals surface area contributed by atoms with Crippen LogP contribution in [0.3, 0.4) is 0 Å². The summed E-state index contributed by atoms with van der Waals surface area (Å²) in [7, 11) is 0. The van der Waals surface area contributed by atoms with E-state index in [0.29, 0.717) is 39.8 Å². The summed E-state index contributed by atoms with van der Waals surface area (Å²) in [6, 6.07) is 13.2. The van der Waals surface area contributed by atoms with E-state index in [9.17, 15) is 8.78 Å². The van der Waals surface area contributed by atoms with Crippen LogP contribution in [-0.4, -0.2) is 29.2 Å². The highest BCUT2D eigenvalue weighted by Crippen LogP contribution is 2.26. The maximum absolute atomic E-state index is 12.1. The lowest BCUT2D eigenvalue weighted by Gasteiger charge is -2.06. The molecule has 0 saturated heterocycles. The number of hydrogen-bond donors (Lipinski definition) is 0. The molecule has 9 heteroatoms. The van der Waals surface area contributed by atoms with Crippen LogP contribution in [-0.2, 0) is 0 Å². The highest BCUT2D eigenvalue weighted by molar-refractivity contribution is 7.99. The number of para-hydroxylation sites is 1. The SMILES string of the molecule is FC(F)Oc1ccc(-c2nnc(SCCOc3ccccc3Cl)o2)cc1. The van der Waals surface area contributed by atoms with Crippen LogP contribution in [0.1, 0.15) is 0 Å². The molecule has 3 rings (SSSR count). The van der Waals surface area contributed by atoms with E-state index in [1.165, 1.54) is 23.9 Å². The van der Waals surface area contributed by atoms with E-state index < -0.39 is 6.61 Å². The minimum Gasteiger partial charge on any atom is -0.491 e. The zero-order valence-electron chi connectivity index (χ0n) is 13.3. The van der Waals surface area contributed by atoms with E-state index in [0.717, 1.165) is 0 Å². The molecule has 5 nitrogen and oxygen atoms in total. The molecule has 3 aromatic rings. The molecule has 0 atom stereocenters. The topological polar surface area (TPSA) is 57.4 Å². The summed E-state index contributed by atoms with van der Waals surface area (Å²) in [5.74, 6) is 1.57. The molecular weight excluding hydrogens is 386 g/mol. The van der Waals surface area contributed by atoms with E-state index in [4.69, 9.17) is 20.8 Å². The molecule has 0 aliphatic heterocycles. The number of rotatable bonds is 8. The number of halogens is 3. The molecule has 2 aromatic carbocycles. The molecule has 26 heavy (non-hydrogen) atoms. The van der Waals surface area contributed by atoms with E-state index in [1.807, 2.05) is 12.1 Å². The summed E-state index contributed by atoms with van der Waals surface area (Å²) >= 11 is 7.35. The van der Waals surface area contributed by atoms with Gasteiger partial charge in [0.2, 0.25) is 5.89 Å². The molecule has 0 saturated carbocycles. The largest absolute Gasteiger partial charge is 0.491 e. The van der Waals surface area contributed by atoms with Gasteiger partial charge in [0.05, 0.1) is 11.6 Å². The lowest BCUT2D eigenvalue weighted by atomic mass is 10.2. The smallest absolute Gasteiger partial charge is 0.387 e. The van der Waals surface area contributed by atoms with Gasteiger partial charge in [0.15, 0.2) is 0 Å². The number of thioether (sulfide) groups is 1. The molecule has 0 unspecified atom stereocenters. The first-order valence-corrected chi connectivity index (χ1v) is 8.87. The van der Waals surface area contributed by atoms with Crippen molar-refractivity contribution in [3.8, 4) is 23.0 Å². The second-order valence-corrected chi connectivity index (χ2v) is 6.36. The number of aromatic nitrogens is 2. The van der Waals surface area contributed by atoms with Crippen LogP contribution < -0.4 is 9.47 Å². The third-order valence-electron chi connectivity index (χ3n) is 3.14. The van der Waals surface area contributed by atoms with Crippen LogP contribution in [0.15, 0.2) is 58.2 Å². The van der Waals surface area contributed by atoms with Crippen molar-refractivity contribution < 1.29 is 22.7 Å². The Bertz CT molecular complexity index is 846. The van der Waals surface area contributed by atoms with Gasteiger partial charge < -0.3 is 13.9 Å². The lowest BCUT2D eigenvalue weighted by molar-refractivity contribution is -0.0498. The third-order valence-corrected chi connectivity index (χ3v) is 4.23. The van der Waals surface area contributed by atoms with Gasteiger partial charge >= 0.3 is 6.61 Å². The van der Waals surface area contributed by atoms with E-state index >= 15 is 0 Å². The van der Waals surface area contributed by atoms with Gasteiger partial charge in [-0.15, -0.1) is 10.2 Å². The molecule has 136 valence electrons. The van der Waals surface area contributed by atoms with E-state index in [-0.39, 0.29) is 5.75 Å². The third kappa shape index (κ3) is 5.09. The van der Waals surface area contributed by atoms with Gasteiger partial charge in [0, 0.05) is 11.3 Å². The molecule has 0 radical (unpaired) electrons. The Hall–Kier alpha value is -2.32. The van der Waals surface area contributed by atoms with Gasteiger partial charge in [-0.05, 0) is 36.4 Å². The van der Waals surface area contributed by atoms with Crippen molar-refractivity contribution in [3.05, 3.63) is 53.6 Å². The van der Waals surface area contributed by atoms with Gasteiger partial charge in [-0.2, -0.15) is 8.78 Å². The van der Waals surface area contributed by atoms with Crippen LogP contribution in [0.25, 0.3) is 11.5 Å². The van der Waals surface area contributed by atoms with Crippen molar-refractivity contribution >= 4 is 23.4 Å². The van der Waals surface area contributed by atoms with Crippen molar-refractivity contribution in [2.24, 2.45) is 0 Å². The normalized spacial score (nSPS) is 10.9. The van der Waals surface area contributed by atoms with Crippen molar-refractivity contribution in [1.82, 2.24) is 10.2 Å². The molecule has 0 fully saturated rings. The van der Waals surface area contributed by atoms with Crippen molar-refractivity contribution in [1.29, 1.82) is 0 Å². The molecular formula is C17H13ClF2N2O3S. The Kier molecular flexibility index (Phi) is 6.30. The quantitative estimate of drug-likeness (QED) is 0.385. The maximum atomic E-state index is 12.1. The zero-order valence-corrected chi connectivity index (χ0v) is 14.8. The first kappa shape index (κ1) is 18.5. The van der Waals surface area contributed by atoms with Crippen LogP contribution in [0.2, 0.25) is 5.02 Å². The maximum Gasteiger partial charge on any atom is 0.387 e. The number of ether oxygens (including phenoxy) is 2. The van der Waals surface area contributed by atoms with Gasteiger partial charge in [-0.1, -0.05) is 35.5 Å². The van der Waals surface area contributed by atoms with Gasteiger partial charge in [0.25, 0.3) is 5.22 Å². The van der Waals surface area contributed by atoms with Gasteiger partial charge in [-0.3, -0.25) is 0 Å². The fourth-order valence-electron chi connectivity index (χ4n) is 2.01. The second-order valence-electron chi connectivity index (χ2n) is 4.90. The summed E-state index contributed by atoms with van der Waals surface area (Å²) in [4.78, 5) is 0. The monoisotopic (exact) mass is 398 g/mol. The van der Waals surface area contributed by atoms with E-state index in [1.54, 1.807) is 24.3 Å². The van der Waals surface area contributed by atoms with Crippen LogP contribution in [0.4, 0.5) is 8.78 Å². The van der Waals surface area contributed by atoms with E-state index in [2.05, 4.69) is 14.9 Å². The van der Waals surface area contributed by atoms with Crippen molar-refractivity contribution in [2.75, 3.05) is 12.4 Å². The fourth-order valence-corrected chi connectivity index (χ4v) is 2.77. The minimum absolute atomic E-state index is 0.0644. The zero-order chi connectivity index (χ0) is 18.4. The predicted octanol–water partition coefficient (Wildman–Crippen LogP) is 5.16. The Morgan fingerprint density at radius 2 is 1.85 bits per heavy atom. The summed E-state index contributed by atoms with van der Waals surface area (Å²) < 4.78 is 39.7. The Balaban J connectivity index is 1.51. The number of alkyl halides is 2. The second kappa shape index (κ2) is 8.86. The summed E-state index contributed by atoms with van der Waals surface area (Å²) in [6.07, 6.45) is 0. The summed E-state index contributed by atoms with van der Waals surface area (Å²) in [5.41, 5.74) is 0.610. The average molecular weight is 399 g/mol. The van der Waals surface area contributed by atoms with Crippen LogP contribution >= 0.6 is 23.4 Å². The lowest BCUT2D eigenvalue weighted by Crippen LogP contribution is -2.01. The average Bonchev–Trinajstić information content (AvgIpc) is 3.09. The first-order chi connectivity index (χ1) is 12.6. The highest BCUT2D eigenvalue weighted by Gasteiger charge is 2.10. The highest BCUT2D eigenvalue weighted by atomic mass is 35.5. The number of benzene rings is 2. The first-order valence-electron chi connectivity index (χ1n) is 7.51. The Morgan fingerprint density at radius 1 is 1.08 bits per heavy atom. The van der Waals surface area contributed by atoms with Crippen molar-refractivity contribution in [3.63, 3.8) is 0 Å². The molecule has 0 bridgehead atoms. The molecule has 0 aliphatic carbocycles. The standard InChI is InChI=1S/C17H13ClF2N2O3S/c18-13-3-1-2-4-14(13)23-9-10-26-17-22-21-15(25-17)11-5-7-12(8-6-11)24-16(19)20/h1-8,16H,9-10H2. The molecule has 0 aliphatic rings. The molecule has 1 heterocycles. The minimum atomic E-state index is -2.86. The van der Waals surface area contributed by atoms with Gasteiger partial charge in [0.1, 0.15) is 11.5 Å². The van der Waals surface area contributed by atoms with Crippen LogP contribution in [0, 0.1) is 0 Å². The fraction of sp³-hybridized carbons (Fsp3) is 0.176. The number of hydrogen-bond acceptors (Lipinski definition) is 6. The Labute approximate surface area is 157 Å². The molecule has 1 aromatic heterocycles. The Morgan fingerprint density at radius 3 is 2.58 bits per heavy atom. The molecule has 0 amide bonds. The van der Waals surface area contributed by atoms with Gasteiger partial charge in [-0.25, -0.2) is 0 Å². The summed E-state index contributed by atoms with van der Waals surface area (Å²) in [5, 5.41) is 8.82. The predicted molar refractivity (Wildman–Crippen MR) is 94.0 cm³/mol.